The Balaban J connectivity index is 1.80. The molecule has 5 heteroatoms. The van der Waals surface area contributed by atoms with Crippen LogP contribution in [0.15, 0.2) is 24.3 Å². The van der Waals surface area contributed by atoms with Crippen LogP contribution in [0.1, 0.15) is 48.5 Å². The molecule has 0 aromatic heterocycles. The third kappa shape index (κ3) is 5.34. The molecule has 3 N–H and O–H groups in total. The lowest BCUT2D eigenvalue weighted by Crippen LogP contribution is -3.09. The van der Waals surface area contributed by atoms with Crippen molar-refractivity contribution in [2.75, 3.05) is 20.6 Å². The maximum Gasteiger partial charge on any atom is 0.275 e. The second kappa shape index (κ2) is 8.83. The van der Waals surface area contributed by atoms with Gasteiger partial charge in [-0.15, -0.1) is 0 Å². The highest BCUT2D eigenvalue weighted by Crippen LogP contribution is 2.23. The summed E-state index contributed by atoms with van der Waals surface area (Å²) in [4.78, 5) is 24.9. The van der Waals surface area contributed by atoms with E-state index in [0.29, 0.717) is 24.1 Å². The molecular weight excluding hydrogens is 302 g/mol. The number of benzene rings is 1. The van der Waals surface area contributed by atoms with Crippen molar-refractivity contribution < 1.29 is 14.5 Å². The van der Waals surface area contributed by atoms with Gasteiger partial charge in [-0.3, -0.25) is 9.59 Å². The summed E-state index contributed by atoms with van der Waals surface area (Å²) in [5, 5.41) is 5.82. The number of carbonyl (C=O) groups is 2. The van der Waals surface area contributed by atoms with E-state index in [1.165, 1.54) is 19.3 Å². The summed E-state index contributed by atoms with van der Waals surface area (Å²) in [6.45, 7) is 3.47. The average molecular weight is 332 g/mol. The molecule has 5 nitrogen and oxygen atoms in total. The molecular formula is C19H30N3O2+. The zero-order valence-corrected chi connectivity index (χ0v) is 15.0. The zero-order chi connectivity index (χ0) is 17.5. The molecule has 1 aromatic rings. The standard InChI is InChI=1S/C19H29N3O2/c1-14-6-4-5-7-17(14)21-18(23)13-22(3)12-15-8-10-16(11-9-15)19(24)20-2/h8-11,14,17H,4-7,12-13H2,1-3H3,(H,20,24)(H,21,23)/p+1/t14-,17+/m1/s1. The van der Waals surface area contributed by atoms with Gasteiger partial charge in [-0.05, 0) is 30.9 Å². The highest BCUT2D eigenvalue weighted by atomic mass is 16.2. The van der Waals surface area contributed by atoms with Gasteiger partial charge < -0.3 is 15.5 Å². The molecule has 1 unspecified atom stereocenters. The first-order valence-electron chi connectivity index (χ1n) is 8.91. The van der Waals surface area contributed by atoms with E-state index in [2.05, 4.69) is 17.6 Å². The van der Waals surface area contributed by atoms with E-state index in [-0.39, 0.29) is 11.8 Å². The van der Waals surface area contributed by atoms with Gasteiger partial charge in [-0.1, -0.05) is 31.9 Å². The number of amides is 2. The molecule has 0 saturated heterocycles. The largest absolute Gasteiger partial charge is 0.355 e. The van der Waals surface area contributed by atoms with E-state index in [1.807, 2.05) is 31.3 Å². The summed E-state index contributed by atoms with van der Waals surface area (Å²) in [7, 11) is 3.65. The number of nitrogens with one attached hydrogen (secondary N) is 3. The minimum Gasteiger partial charge on any atom is -0.355 e. The molecule has 132 valence electrons. The molecule has 2 rings (SSSR count). The molecule has 3 atom stereocenters. The first kappa shape index (κ1) is 18.5. The summed E-state index contributed by atoms with van der Waals surface area (Å²) in [6, 6.07) is 7.90. The van der Waals surface area contributed by atoms with Gasteiger partial charge in [-0.25, -0.2) is 0 Å². The van der Waals surface area contributed by atoms with Crippen LogP contribution in [0.2, 0.25) is 0 Å². The molecule has 1 fully saturated rings. The Hall–Kier alpha value is -1.88. The minimum atomic E-state index is -0.0803. The SMILES string of the molecule is CNC(=O)c1ccc(C[NH+](C)CC(=O)N[C@H]2CCCC[C@H]2C)cc1. The quantitative estimate of drug-likeness (QED) is 0.720. The summed E-state index contributed by atoms with van der Waals surface area (Å²) in [5.74, 6) is 0.636. The number of likely N-dealkylation sites (N-methyl/N-ethyl adjacent to an activating group) is 1. The maximum atomic E-state index is 12.3. The highest BCUT2D eigenvalue weighted by molar-refractivity contribution is 5.93. The predicted octanol–water partition coefficient (Wildman–Crippen LogP) is 0.756. The summed E-state index contributed by atoms with van der Waals surface area (Å²) in [6.07, 6.45) is 4.82. The lowest BCUT2D eigenvalue weighted by molar-refractivity contribution is -0.885. The van der Waals surface area contributed by atoms with E-state index in [1.54, 1.807) is 7.05 Å². The molecule has 2 amide bonds. The highest BCUT2D eigenvalue weighted by Gasteiger charge is 2.23. The first-order valence-corrected chi connectivity index (χ1v) is 8.91. The van der Waals surface area contributed by atoms with Gasteiger partial charge in [0, 0.05) is 24.2 Å². The molecule has 24 heavy (non-hydrogen) atoms. The molecule has 1 saturated carbocycles. The van der Waals surface area contributed by atoms with E-state index >= 15 is 0 Å². The van der Waals surface area contributed by atoms with E-state index in [4.69, 9.17) is 0 Å². The van der Waals surface area contributed by atoms with Crippen LogP contribution in [-0.2, 0) is 11.3 Å². The molecule has 0 radical (unpaired) electrons. The zero-order valence-electron chi connectivity index (χ0n) is 15.0. The molecule has 0 heterocycles. The van der Waals surface area contributed by atoms with E-state index < -0.39 is 0 Å². The van der Waals surface area contributed by atoms with Crippen molar-refractivity contribution in [1.82, 2.24) is 10.6 Å². The summed E-state index contributed by atoms with van der Waals surface area (Å²) in [5.41, 5.74) is 1.78. The second-order valence-electron chi connectivity index (χ2n) is 7.02. The Morgan fingerprint density at radius 1 is 1.17 bits per heavy atom. The maximum absolute atomic E-state index is 12.3. The van der Waals surface area contributed by atoms with Gasteiger partial charge in [0.2, 0.25) is 0 Å². The Morgan fingerprint density at radius 3 is 2.46 bits per heavy atom. The van der Waals surface area contributed by atoms with Crippen LogP contribution in [-0.4, -0.2) is 38.5 Å². The molecule has 0 aliphatic heterocycles. The smallest absolute Gasteiger partial charge is 0.275 e. The van der Waals surface area contributed by atoms with Crippen molar-refractivity contribution in [3.8, 4) is 0 Å². The van der Waals surface area contributed by atoms with Crippen molar-refractivity contribution in [2.45, 2.75) is 45.2 Å². The molecule has 0 spiro atoms. The van der Waals surface area contributed by atoms with Crippen LogP contribution < -0.4 is 15.5 Å². The Bertz CT molecular complexity index is 556. The van der Waals surface area contributed by atoms with Gasteiger partial charge in [0.05, 0.1) is 7.05 Å². The van der Waals surface area contributed by atoms with E-state index in [9.17, 15) is 9.59 Å². The fraction of sp³-hybridized carbons (Fsp3) is 0.579. The monoisotopic (exact) mass is 332 g/mol. The lowest BCUT2D eigenvalue weighted by atomic mass is 9.86. The van der Waals surface area contributed by atoms with Gasteiger partial charge in [-0.2, -0.15) is 0 Å². The third-order valence-electron chi connectivity index (χ3n) is 4.87. The minimum absolute atomic E-state index is 0.0803. The van der Waals surface area contributed by atoms with Crippen molar-refractivity contribution >= 4 is 11.8 Å². The summed E-state index contributed by atoms with van der Waals surface area (Å²) < 4.78 is 0. The fourth-order valence-electron chi connectivity index (χ4n) is 3.39. The van der Waals surface area contributed by atoms with Gasteiger partial charge >= 0.3 is 0 Å². The van der Waals surface area contributed by atoms with Crippen LogP contribution >= 0.6 is 0 Å². The number of hydrogen-bond acceptors (Lipinski definition) is 2. The van der Waals surface area contributed by atoms with E-state index in [0.717, 1.165) is 23.4 Å². The van der Waals surface area contributed by atoms with Crippen molar-refractivity contribution in [2.24, 2.45) is 5.92 Å². The number of rotatable bonds is 6. The molecule has 0 bridgehead atoms. The normalized spacial score (nSPS) is 21.8. The van der Waals surface area contributed by atoms with Crippen molar-refractivity contribution in [3.05, 3.63) is 35.4 Å². The Labute approximate surface area is 144 Å². The Kier molecular flexibility index (Phi) is 6.79. The van der Waals surface area contributed by atoms with Crippen molar-refractivity contribution in [1.29, 1.82) is 0 Å². The predicted molar refractivity (Wildman–Crippen MR) is 94.9 cm³/mol. The van der Waals surface area contributed by atoms with Crippen molar-refractivity contribution in [3.63, 3.8) is 0 Å². The summed E-state index contributed by atoms with van der Waals surface area (Å²) >= 11 is 0. The number of quaternary nitrogens is 1. The van der Waals surface area contributed by atoms with Gasteiger partial charge in [0.15, 0.2) is 6.54 Å². The van der Waals surface area contributed by atoms with Gasteiger partial charge in [0.25, 0.3) is 11.8 Å². The molecule has 1 aromatic carbocycles. The molecule has 1 aliphatic carbocycles. The van der Waals surface area contributed by atoms with Crippen LogP contribution in [0.3, 0.4) is 0 Å². The average Bonchev–Trinajstić information content (AvgIpc) is 2.56. The number of hydrogen-bond donors (Lipinski definition) is 3. The van der Waals surface area contributed by atoms with Crippen LogP contribution in [0.4, 0.5) is 0 Å². The fourth-order valence-corrected chi connectivity index (χ4v) is 3.39. The lowest BCUT2D eigenvalue weighted by Gasteiger charge is -2.29. The van der Waals surface area contributed by atoms with Gasteiger partial charge in [0.1, 0.15) is 6.54 Å². The topological polar surface area (TPSA) is 62.6 Å². The van der Waals surface area contributed by atoms with Crippen LogP contribution in [0.5, 0.6) is 0 Å². The van der Waals surface area contributed by atoms with Crippen LogP contribution in [0, 0.1) is 5.92 Å². The second-order valence-corrected chi connectivity index (χ2v) is 7.02. The molecule has 1 aliphatic rings. The number of carbonyl (C=O) groups excluding carboxylic acids is 2. The third-order valence-corrected chi connectivity index (χ3v) is 4.87. The van der Waals surface area contributed by atoms with Crippen LogP contribution in [0.25, 0.3) is 0 Å². The first-order chi connectivity index (χ1) is 11.5. The Morgan fingerprint density at radius 2 is 1.83 bits per heavy atom.